The van der Waals surface area contributed by atoms with E-state index in [0.717, 1.165) is 0 Å². The number of hydrogen-bond donors (Lipinski definition) is 0. The Hall–Kier alpha value is -2.60. The summed E-state index contributed by atoms with van der Waals surface area (Å²) < 4.78 is 0. The largest absolute Gasteiger partial charge is 0.0991 e. The average Bonchev–Trinajstić information content (AvgIpc) is 3.20. The van der Waals surface area contributed by atoms with E-state index in [0.29, 0.717) is 0 Å². The van der Waals surface area contributed by atoms with E-state index in [1.807, 2.05) is 19.1 Å². The summed E-state index contributed by atoms with van der Waals surface area (Å²) in [6, 6.07) is 16.1. The van der Waals surface area contributed by atoms with Crippen molar-refractivity contribution in [2.24, 2.45) is 0 Å². The third kappa shape index (κ3) is 2.94. The van der Waals surface area contributed by atoms with E-state index < -0.39 is 0 Å². The minimum atomic E-state index is 0.241. The summed E-state index contributed by atoms with van der Waals surface area (Å²) in [7, 11) is 0. The second kappa shape index (κ2) is 7.19. The Balaban J connectivity index is 0.000000323. The molecule has 0 atom stereocenters. The normalized spacial score (nSPS) is 18.1. The van der Waals surface area contributed by atoms with E-state index in [2.05, 4.69) is 68.1 Å². The summed E-state index contributed by atoms with van der Waals surface area (Å²) >= 11 is 0. The fraction of sp³-hybridized carbons (Fsp3) is 0.259. The van der Waals surface area contributed by atoms with Crippen molar-refractivity contribution in [3.05, 3.63) is 113 Å². The third-order valence-electron chi connectivity index (χ3n) is 6.16. The highest BCUT2D eigenvalue weighted by molar-refractivity contribution is 5.88. The molecule has 27 heavy (non-hydrogen) atoms. The fourth-order valence-corrected chi connectivity index (χ4v) is 5.02. The lowest BCUT2D eigenvalue weighted by Gasteiger charge is -2.30. The number of hydrogen-bond acceptors (Lipinski definition) is 0. The number of allylic oxidation sites excluding steroid dienone is 7. The molecule has 0 aliphatic heterocycles. The number of rotatable bonds is 1. The first-order valence-corrected chi connectivity index (χ1v) is 10.0. The van der Waals surface area contributed by atoms with E-state index in [1.54, 1.807) is 28.3 Å². The van der Waals surface area contributed by atoms with Gasteiger partial charge in [-0.3, -0.25) is 0 Å². The molecule has 0 fully saturated rings. The quantitative estimate of drug-likeness (QED) is 0.490. The van der Waals surface area contributed by atoms with Crippen LogP contribution in [0, 0.1) is 6.92 Å². The predicted molar refractivity (Wildman–Crippen MR) is 117 cm³/mol. The summed E-state index contributed by atoms with van der Waals surface area (Å²) in [5, 5.41) is 0. The van der Waals surface area contributed by atoms with Crippen LogP contribution in [0.2, 0.25) is 0 Å². The van der Waals surface area contributed by atoms with Crippen LogP contribution < -0.4 is 0 Å². The third-order valence-corrected chi connectivity index (χ3v) is 6.16. The van der Waals surface area contributed by atoms with Crippen LogP contribution in [0.4, 0.5) is 0 Å². The molecule has 3 aliphatic carbocycles. The Morgan fingerprint density at radius 1 is 1.04 bits per heavy atom. The molecular weight excluding hydrogens is 324 g/mol. The van der Waals surface area contributed by atoms with Gasteiger partial charge in [0.15, 0.2) is 0 Å². The lowest BCUT2D eigenvalue weighted by Crippen LogP contribution is -2.27. The van der Waals surface area contributed by atoms with Gasteiger partial charge < -0.3 is 0 Å². The smallest absolute Gasteiger partial charge is 0.0258 e. The molecule has 0 unspecified atom stereocenters. The fourth-order valence-electron chi connectivity index (χ4n) is 5.02. The zero-order valence-electron chi connectivity index (χ0n) is 16.5. The molecule has 0 heterocycles. The van der Waals surface area contributed by atoms with Crippen LogP contribution in [-0.4, -0.2) is 0 Å². The topological polar surface area (TPSA) is 0 Å². The molecular formula is C27H28. The van der Waals surface area contributed by atoms with Crippen LogP contribution in [0.3, 0.4) is 0 Å². The zero-order chi connectivity index (χ0) is 18.9. The van der Waals surface area contributed by atoms with Gasteiger partial charge in [0.25, 0.3) is 0 Å². The van der Waals surface area contributed by atoms with Gasteiger partial charge in [-0.15, -0.1) is 0 Å². The van der Waals surface area contributed by atoms with Crippen molar-refractivity contribution in [3.63, 3.8) is 0 Å². The van der Waals surface area contributed by atoms with Crippen molar-refractivity contribution in [1.29, 1.82) is 0 Å². The van der Waals surface area contributed by atoms with Gasteiger partial charge in [0.1, 0.15) is 0 Å². The first-order chi connectivity index (χ1) is 13.2. The first kappa shape index (κ1) is 17.8. The average molecular weight is 353 g/mol. The van der Waals surface area contributed by atoms with Crippen LogP contribution in [0.25, 0.3) is 5.57 Å². The van der Waals surface area contributed by atoms with Gasteiger partial charge >= 0.3 is 0 Å². The van der Waals surface area contributed by atoms with Crippen molar-refractivity contribution < 1.29 is 0 Å². The molecule has 2 aromatic carbocycles. The Labute approximate surface area is 163 Å². The van der Waals surface area contributed by atoms with Crippen LogP contribution in [-0.2, 0) is 18.3 Å². The van der Waals surface area contributed by atoms with Crippen molar-refractivity contribution >= 4 is 5.57 Å². The number of benzene rings is 2. The number of aryl methyl sites for hydroxylation is 1. The monoisotopic (exact) mass is 352 g/mol. The maximum absolute atomic E-state index is 3.46. The van der Waals surface area contributed by atoms with E-state index in [1.165, 1.54) is 42.4 Å². The number of fused-ring (bicyclic) bond motifs is 5. The Bertz CT molecular complexity index is 940. The van der Waals surface area contributed by atoms with Crippen LogP contribution in [0.5, 0.6) is 0 Å². The molecule has 1 spiro atoms. The van der Waals surface area contributed by atoms with Crippen LogP contribution in [0.15, 0.2) is 85.0 Å². The van der Waals surface area contributed by atoms with E-state index >= 15 is 0 Å². The second-order valence-corrected chi connectivity index (χ2v) is 7.85. The highest BCUT2D eigenvalue weighted by Gasteiger charge is 2.47. The van der Waals surface area contributed by atoms with Gasteiger partial charge in [-0.1, -0.05) is 90.6 Å². The van der Waals surface area contributed by atoms with Crippen molar-refractivity contribution in [3.8, 4) is 0 Å². The summed E-state index contributed by atoms with van der Waals surface area (Å²) in [5.41, 5.74) is 11.0. The summed E-state index contributed by atoms with van der Waals surface area (Å²) in [6.07, 6.45) is 15.1. The molecule has 2 aromatic rings. The standard InChI is InChI=1S/C22H20.C5H8/c1-15-10-11-19-18-8-4-5-9-20(18)22(21(19)12-15)13-16-6-2-3-7-17(16)14-22;1-3-5-4-2/h2-4,6-8,10-12H,5,9,13-14H2,1H3;3-5H,1H2,2H3/b;5-4-. The molecule has 0 nitrogen and oxygen atoms in total. The molecule has 0 amide bonds. The minimum absolute atomic E-state index is 0.241. The Morgan fingerprint density at radius 3 is 2.41 bits per heavy atom. The lowest BCUT2D eigenvalue weighted by atomic mass is 9.72. The molecule has 5 rings (SSSR count). The SMILES string of the molecule is C=C/C=C\C.Cc1ccc2c(c1)C1(Cc3ccccc3C1)C1=C2C=CCC1. The van der Waals surface area contributed by atoms with Crippen molar-refractivity contribution in [2.75, 3.05) is 0 Å². The molecule has 0 saturated heterocycles. The Morgan fingerprint density at radius 2 is 1.78 bits per heavy atom. The maximum Gasteiger partial charge on any atom is 0.0258 e. The van der Waals surface area contributed by atoms with Gasteiger partial charge in [0.05, 0.1) is 0 Å². The van der Waals surface area contributed by atoms with E-state index in [9.17, 15) is 0 Å². The molecule has 0 radical (unpaired) electrons. The molecule has 0 N–H and O–H groups in total. The molecule has 0 heteroatoms. The summed E-state index contributed by atoms with van der Waals surface area (Å²) in [4.78, 5) is 0. The van der Waals surface area contributed by atoms with Crippen molar-refractivity contribution in [1.82, 2.24) is 0 Å². The van der Waals surface area contributed by atoms with Gasteiger partial charge in [-0.25, -0.2) is 0 Å². The lowest BCUT2D eigenvalue weighted by molar-refractivity contribution is 0.525. The second-order valence-electron chi connectivity index (χ2n) is 7.85. The van der Waals surface area contributed by atoms with Gasteiger partial charge in [-0.05, 0) is 67.4 Å². The highest BCUT2D eigenvalue weighted by Crippen LogP contribution is 2.56. The summed E-state index contributed by atoms with van der Waals surface area (Å²) in [6.45, 7) is 7.65. The predicted octanol–water partition coefficient (Wildman–Crippen LogP) is 6.90. The van der Waals surface area contributed by atoms with Crippen molar-refractivity contribution in [2.45, 2.75) is 44.9 Å². The van der Waals surface area contributed by atoms with E-state index in [-0.39, 0.29) is 5.41 Å². The first-order valence-electron chi connectivity index (χ1n) is 10.0. The molecule has 0 aromatic heterocycles. The minimum Gasteiger partial charge on any atom is -0.0991 e. The van der Waals surface area contributed by atoms with Crippen LogP contribution in [0.1, 0.15) is 47.6 Å². The zero-order valence-corrected chi connectivity index (χ0v) is 16.5. The van der Waals surface area contributed by atoms with Gasteiger partial charge in [0, 0.05) is 5.41 Å². The molecule has 3 aliphatic rings. The van der Waals surface area contributed by atoms with Gasteiger partial charge in [-0.2, -0.15) is 0 Å². The maximum atomic E-state index is 3.46. The summed E-state index contributed by atoms with van der Waals surface area (Å²) in [5.74, 6) is 0. The molecule has 0 bridgehead atoms. The Kier molecular flexibility index (Phi) is 4.74. The highest BCUT2D eigenvalue weighted by atomic mass is 14.5. The molecule has 0 saturated carbocycles. The molecule has 136 valence electrons. The van der Waals surface area contributed by atoms with Crippen LogP contribution >= 0.6 is 0 Å². The van der Waals surface area contributed by atoms with Gasteiger partial charge in [0.2, 0.25) is 0 Å². The van der Waals surface area contributed by atoms with E-state index in [4.69, 9.17) is 0 Å².